The molecule has 0 radical (unpaired) electrons. The minimum absolute atomic E-state index is 0.0622. The second-order valence-corrected chi connectivity index (χ2v) is 19.7. The molecule has 0 rings (SSSR count). The molecule has 0 amide bonds. The highest BCUT2D eigenvalue weighted by Gasteiger charge is 2.19. The maximum atomic E-state index is 12.8. The molecular formula is C56H108O6. The predicted octanol–water partition coefficient (Wildman–Crippen LogP) is 18.2. The van der Waals surface area contributed by atoms with E-state index in [2.05, 4.69) is 27.7 Å². The van der Waals surface area contributed by atoms with Crippen LogP contribution >= 0.6 is 0 Å². The Kier molecular flexibility index (Phi) is 49.1. The van der Waals surface area contributed by atoms with E-state index < -0.39 is 6.10 Å². The topological polar surface area (TPSA) is 78.9 Å². The minimum Gasteiger partial charge on any atom is -0.462 e. The van der Waals surface area contributed by atoms with Crippen LogP contribution in [0, 0.1) is 5.92 Å². The molecule has 0 aliphatic rings. The standard InChI is InChI=1S/C56H108O6/c1-5-7-9-11-13-15-17-18-19-20-21-25-28-32-35-39-43-47-54(57)60-50-53(62-56(59)49-45-41-37-31-16-14-12-10-8-6-2)51-61-55(58)48-44-40-36-33-29-26-23-22-24-27-30-34-38-42-46-52(3)4/h52-53H,5-51H2,1-4H3/t53-/m1/s1. The van der Waals surface area contributed by atoms with E-state index in [1.165, 1.54) is 212 Å². The van der Waals surface area contributed by atoms with E-state index in [1.54, 1.807) is 0 Å². The van der Waals surface area contributed by atoms with Gasteiger partial charge in [0.25, 0.3) is 0 Å². The fourth-order valence-corrected chi connectivity index (χ4v) is 8.57. The minimum atomic E-state index is -0.760. The quantitative estimate of drug-likeness (QED) is 0.0344. The highest BCUT2D eigenvalue weighted by molar-refractivity contribution is 5.71. The second-order valence-electron chi connectivity index (χ2n) is 19.7. The molecule has 0 spiro atoms. The highest BCUT2D eigenvalue weighted by Crippen LogP contribution is 2.18. The third-order valence-electron chi connectivity index (χ3n) is 12.8. The largest absolute Gasteiger partial charge is 0.462 e. The monoisotopic (exact) mass is 877 g/mol. The Labute approximate surface area is 387 Å². The zero-order valence-electron chi connectivity index (χ0n) is 42.3. The average Bonchev–Trinajstić information content (AvgIpc) is 3.26. The summed E-state index contributed by atoms with van der Waals surface area (Å²) in [6.45, 7) is 9.05. The highest BCUT2D eigenvalue weighted by atomic mass is 16.6. The smallest absolute Gasteiger partial charge is 0.306 e. The van der Waals surface area contributed by atoms with Crippen molar-refractivity contribution in [1.29, 1.82) is 0 Å². The Morgan fingerprint density at radius 1 is 0.306 bits per heavy atom. The van der Waals surface area contributed by atoms with Crippen LogP contribution in [0.15, 0.2) is 0 Å². The van der Waals surface area contributed by atoms with Crippen molar-refractivity contribution in [2.75, 3.05) is 13.2 Å². The van der Waals surface area contributed by atoms with Crippen molar-refractivity contribution < 1.29 is 28.6 Å². The van der Waals surface area contributed by atoms with E-state index in [4.69, 9.17) is 14.2 Å². The van der Waals surface area contributed by atoms with Gasteiger partial charge < -0.3 is 14.2 Å². The van der Waals surface area contributed by atoms with Crippen LogP contribution in [-0.2, 0) is 28.6 Å². The van der Waals surface area contributed by atoms with Crippen molar-refractivity contribution in [1.82, 2.24) is 0 Å². The fraction of sp³-hybridized carbons (Fsp3) is 0.946. The van der Waals surface area contributed by atoms with Crippen LogP contribution in [0.2, 0.25) is 0 Å². The number of carbonyl (C=O) groups excluding carboxylic acids is 3. The van der Waals surface area contributed by atoms with Gasteiger partial charge in [-0.05, 0) is 25.2 Å². The molecule has 0 N–H and O–H groups in total. The van der Waals surface area contributed by atoms with Crippen LogP contribution in [0.1, 0.15) is 317 Å². The number of carbonyl (C=O) groups is 3. The van der Waals surface area contributed by atoms with Crippen LogP contribution in [0.25, 0.3) is 0 Å². The summed E-state index contributed by atoms with van der Waals surface area (Å²) < 4.78 is 16.8. The summed E-state index contributed by atoms with van der Waals surface area (Å²) in [6.07, 6.45) is 53.8. The Bertz CT molecular complexity index is 933. The maximum Gasteiger partial charge on any atom is 0.306 e. The van der Waals surface area contributed by atoms with Crippen molar-refractivity contribution in [3.63, 3.8) is 0 Å². The molecule has 0 aliphatic carbocycles. The Hall–Kier alpha value is -1.59. The fourth-order valence-electron chi connectivity index (χ4n) is 8.57. The van der Waals surface area contributed by atoms with Gasteiger partial charge in [-0.3, -0.25) is 14.4 Å². The van der Waals surface area contributed by atoms with Crippen LogP contribution in [0.3, 0.4) is 0 Å². The van der Waals surface area contributed by atoms with Crippen LogP contribution in [0.5, 0.6) is 0 Å². The lowest BCUT2D eigenvalue weighted by molar-refractivity contribution is -0.167. The van der Waals surface area contributed by atoms with E-state index in [0.717, 1.165) is 63.7 Å². The van der Waals surface area contributed by atoms with Crippen molar-refractivity contribution in [2.24, 2.45) is 5.92 Å². The number of esters is 3. The van der Waals surface area contributed by atoms with Gasteiger partial charge in [-0.15, -0.1) is 0 Å². The summed E-state index contributed by atoms with van der Waals surface area (Å²) in [7, 11) is 0. The first kappa shape index (κ1) is 60.4. The number of rotatable bonds is 51. The molecule has 0 heterocycles. The third kappa shape index (κ3) is 49.4. The SMILES string of the molecule is CCCCCCCCCCCCCCCCCCCC(=O)OC[C@H](COC(=O)CCCCCCCCCCCCCCCCC(C)C)OC(=O)CCCCCCCCCCCC. The molecule has 368 valence electrons. The van der Waals surface area contributed by atoms with Crippen LogP contribution in [0.4, 0.5) is 0 Å². The molecule has 0 aromatic carbocycles. The van der Waals surface area contributed by atoms with Gasteiger partial charge in [0.15, 0.2) is 6.10 Å². The number of ether oxygens (including phenoxy) is 3. The second kappa shape index (κ2) is 50.4. The number of hydrogen-bond acceptors (Lipinski definition) is 6. The molecule has 0 aliphatic heterocycles. The number of unbranched alkanes of at least 4 members (excludes halogenated alkanes) is 38. The van der Waals surface area contributed by atoms with Gasteiger partial charge in [0.05, 0.1) is 0 Å². The lowest BCUT2D eigenvalue weighted by atomic mass is 10.0. The third-order valence-corrected chi connectivity index (χ3v) is 12.8. The molecule has 0 aromatic rings. The van der Waals surface area contributed by atoms with E-state index in [0.29, 0.717) is 19.3 Å². The van der Waals surface area contributed by atoms with Crippen molar-refractivity contribution in [3.05, 3.63) is 0 Å². The van der Waals surface area contributed by atoms with Gasteiger partial charge in [-0.25, -0.2) is 0 Å². The molecule has 0 unspecified atom stereocenters. The van der Waals surface area contributed by atoms with Gasteiger partial charge in [0.1, 0.15) is 13.2 Å². The average molecular weight is 877 g/mol. The van der Waals surface area contributed by atoms with E-state index >= 15 is 0 Å². The summed E-state index contributed by atoms with van der Waals surface area (Å²) in [5.41, 5.74) is 0. The molecule has 0 saturated carbocycles. The molecule has 0 fully saturated rings. The Morgan fingerprint density at radius 2 is 0.532 bits per heavy atom. The van der Waals surface area contributed by atoms with Gasteiger partial charge in [0, 0.05) is 19.3 Å². The van der Waals surface area contributed by atoms with Crippen molar-refractivity contribution >= 4 is 17.9 Å². The van der Waals surface area contributed by atoms with Crippen molar-refractivity contribution in [3.8, 4) is 0 Å². The van der Waals surface area contributed by atoms with Crippen LogP contribution < -0.4 is 0 Å². The molecular weight excluding hydrogens is 769 g/mol. The molecule has 0 bridgehead atoms. The molecule has 1 atom stereocenters. The molecule has 62 heavy (non-hydrogen) atoms. The summed E-state index contributed by atoms with van der Waals surface area (Å²) in [6, 6.07) is 0. The summed E-state index contributed by atoms with van der Waals surface area (Å²) in [4.78, 5) is 38.0. The normalized spacial score (nSPS) is 12.0. The first-order chi connectivity index (χ1) is 30.4. The summed E-state index contributed by atoms with van der Waals surface area (Å²) >= 11 is 0. The zero-order valence-corrected chi connectivity index (χ0v) is 42.3. The first-order valence-corrected chi connectivity index (χ1v) is 27.9. The summed E-state index contributed by atoms with van der Waals surface area (Å²) in [5.74, 6) is 0.00471. The van der Waals surface area contributed by atoms with Gasteiger partial charge in [-0.2, -0.15) is 0 Å². The van der Waals surface area contributed by atoms with E-state index in [9.17, 15) is 14.4 Å². The molecule has 6 heteroatoms. The van der Waals surface area contributed by atoms with E-state index in [-0.39, 0.29) is 31.1 Å². The Balaban J connectivity index is 4.22. The first-order valence-electron chi connectivity index (χ1n) is 27.9. The van der Waals surface area contributed by atoms with Gasteiger partial charge >= 0.3 is 17.9 Å². The maximum absolute atomic E-state index is 12.8. The summed E-state index contributed by atoms with van der Waals surface area (Å²) in [5, 5.41) is 0. The molecule has 0 saturated heterocycles. The van der Waals surface area contributed by atoms with Crippen LogP contribution in [-0.4, -0.2) is 37.2 Å². The van der Waals surface area contributed by atoms with E-state index in [1.807, 2.05) is 0 Å². The zero-order chi connectivity index (χ0) is 45.2. The van der Waals surface area contributed by atoms with Gasteiger partial charge in [0.2, 0.25) is 0 Å². The van der Waals surface area contributed by atoms with Gasteiger partial charge in [-0.1, -0.05) is 278 Å². The van der Waals surface area contributed by atoms with Crippen molar-refractivity contribution in [2.45, 2.75) is 323 Å². The lowest BCUT2D eigenvalue weighted by Gasteiger charge is -2.18. The Morgan fingerprint density at radius 3 is 0.790 bits per heavy atom. The predicted molar refractivity (Wildman–Crippen MR) is 266 cm³/mol. The lowest BCUT2D eigenvalue weighted by Crippen LogP contribution is -2.30. The number of hydrogen-bond donors (Lipinski definition) is 0. The molecule has 0 aromatic heterocycles. The molecule has 6 nitrogen and oxygen atoms in total.